The molecule has 1 aromatic heterocycles. The van der Waals surface area contributed by atoms with Crippen molar-refractivity contribution in [3.05, 3.63) is 70.2 Å². The smallest absolute Gasteiger partial charge is 0.251 e. The molecule has 8 heteroatoms. The highest BCUT2D eigenvalue weighted by molar-refractivity contribution is 7.71. The number of benzene rings is 2. The standard InChI is InChI=1S/C22H24FN5OS/c1-24-21(29)16-9-7-15(8-10-16)13-26(2)14-27-22(30)28(17-11-12-17)20(25-27)18-5-3-4-6-19(18)23/h3-10,17H,11-14H2,1-2H3,(H,24,29). The molecule has 0 bridgehead atoms. The fourth-order valence-electron chi connectivity index (χ4n) is 3.50. The van der Waals surface area contributed by atoms with Crippen molar-refractivity contribution >= 4 is 18.1 Å². The van der Waals surface area contributed by atoms with Gasteiger partial charge in [0.25, 0.3) is 5.91 Å². The van der Waals surface area contributed by atoms with Gasteiger partial charge in [0.05, 0.1) is 12.2 Å². The maximum Gasteiger partial charge on any atom is 0.251 e. The molecule has 30 heavy (non-hydrogen) atoms. The van der Waals surface area contributed by atoms with Crippen LogP contribution in [0.15, 0.2) is 48.5 Å². The average Bonchev–Trinajstić information content (AvgIpc) is 3.53. The molecule has 6 nitrogen and oxygen atoms in total. The van der Waals surface area contributed by atoms with Gasteiger partial charge in [-0.15, -0.1) is 0 Å². The number of nitrogens with zero attached hydrogens (tertiary/aromatic N) is 4. The van der Waals surface area contributed by atoms with E-state index in [0.29, 0.717) is 41.0 Å². The number of carbonyl (C=O) groups is 1. The van der Waals surface area contributed by atoms with Crippen LogP contribution in [0.3, 0.4) is 0 Å². The molecule has 2 aromatic carbocycles. The van der Waals surface area contributed by atoms with E-state index in [2.05, 4.69) is 15.3 Å². The van der Waals surface area contributed by atoms with Gasteiger partial charge < -0.3 is 5.32 Å². The Labute approximate surface area is 179 Å². The summed E-state index contributed by atoms with van der Waals surface area (Å²) in [6.45, 7) is 1.15. The van der Waals surface area contributed by atoms with Gasteiger partial charge in [-0.1, -0.05) is 24.3 Å². The normalized spacial score (nSPS) is 13.6. The number of amides is 1. The van der Waals surface area contributed by atoms with Crippen LogP contribution in [0.2, 0.25) is 0 Å². The minimum atomic E-state index is -0.295. The second kappa shape index (κ2) is 8.49. The number of halogens is 1. The topological polar surface area (TPSA) is 55.1 Å². The van der Waals surface area contributed by atoms with Crippen LogP contribution in [-0.2, 0) is 13.2 Å². The van der Waals surface area contributed by atoms with Crippen molar-refractivity contribution in [1.82, 2.24) is 24.6 Å². The van der Waals surface area contributed by atoms with E-state index < -0.39 is 0 Å². The second-order valence-electron chi connectivity index (χ2n) is 7.62. The van der Waals surface area contributed by atoms with Gasteiger partial charge in [-0.05, 0) is 61.9 Å². The Kier molecular flexibility index (Phi) is 5.78. The van der Waals surface area contributed by atoms with Crippen LogP contribution in [0.5, 0.6) is 0 Å². The molecule has 1 N–H and O–H groups in total. The van der Waals surface area contributed by atoms with Crippen molar-refractivity contribution < 1.29 is 9.18 Å². The third-order valence-corrected chi connectivity index (χ3v) is 5.58. The fourth-order valence-corrected chi connectivity index (χ4v) is 3.83. The highest BCUT2D eigenvalue weighted by Gasteiger charge is 2.30. The molecule has 1 heterocycles. The number of nitrogens with one attached hydrogen (secondary N) is 1. The number of aromatic nitrogens is 3. The van der Waals surface area contributed by atoms with Gasteiger partial charge in [0, 0.05) is 25.2 Å². The summed E-state index contributed by atoms with van der Waals surface area (Å²) in [6, 6.07) is 14.5. The fraction of sp³-hybridized carbons (Fsp3) is 0.318. The van der Waals surface area contributed by atoms with Crippen molar-refractivity contribution in [3.63, 3.8) is 0 Å². The van der Waals surface area contributed by atoms with E-state index in [0.717, 1.165) is 18.4 Å². The van der Waals surface area contributed by atoms with E-state index in [-0.39, 0.29) is 11.7 Å². The average molecular weight is 426 g/mol. The number of rotatable bonds is 7. The van der Waals surface area contributed by atoms with Crippen LogP contribution >= 0.6 is 12.2 Å². The van der Waals surface area contributed by atoms with E-state index in [9.17, 15) is 9.18 Å². The van der Waals surface area contributed by atoms with E-state index in [1.165, 1.54) is 6.07 Å². The Balaban J connectivity index is 1.55. The molecule has 4 rings (SSSR count). The summed E-state index contributed by atoms with van der Waals surface area (Å²) in [6.07, 6.45) is 2.07. The minimum absolute atomic E-state index is 0.104. The van der Waals surface area contributed by atoms with Crippen molar-refractivity contribution in [2.45, 2.75) is 32.1 Å². The maximum atomic E-state index is 14.4. The van der Waals surface area contributed by atoms with Gasteiger partial charge in [-0.3, -0.25) is 14.3 Å². The number of carbonyl (C=O) groups excluding carboxylic acids is 1. The van der Waals surface area contributed by atoms with Crippen molar-refractivity contribution in [2.75, 3.05) is 14.1 Å². The molecule has 1 saturated carbocycles. The SMILES string of the molecule is CNC(=O)c1ccc(CN(C)Cn2nc(-c3ccccc3F)n(C3CC3)c2=S)cc1. The molecule has 1 amide bonds. The van der Waals surface area contributed by atoms with E-state index in [1.807, 2.05) is 41.9 Å². The van der Waals surface area contributed by atoms with Crippen molar-refractivity contribution in [1.29, 1.82) is 0 Å². The first-order valence-electron chi connectivity index (χ1n) is 9.91. The minimum Gasteiger partial charge on any atom is -0.355 e. The predicted molar refractivity (Wildman–Crippen MR) is 116 cm³/mol. The van der Waals surface area contributed by atoms with Crippen LogP contribution < -0.4 is 5.32 Å². The van der Waals surface area contributed by atoms with Crippen LogP contribution in [0.1, 0.15) is 34.8 Å². The van der Waals surface area contributed by atoms with Gasteiger partial charge >= 0.3 is 0 Å². The monoisotopic (exact) mass is 425 g/mol. The lowest BCUT2D eigenvalue weighted by atomic mass is 10.1. The molecular weight excluding hydrogens is 401 g/mol. The molecule has 1 aliphatic carbocycles. The molecule has 0 radical (unpaired) electrons. The Bertz CT molecular complexity index is 1120. The molecule has 0 unspecified atom stereocenters. The lowest BCUT2D eigenvalue weighted by molar-refractivity contribution is 0.0963. The van der Waals surface area contributed by atoms with Crippen molar-refractivity contribution in [2.24, 2.45) is 0 Å². The first-order valence-corrected chi connectivity index (χ1v) is 10.3. The third kappa shape index (κ3) is 4.20. The van der Waals surface area contributed by atoms with Crippen molar-refractivity contribution in [3.8, 4) is 11.4 Å². The molecule has 0 aliphatic heterocycles. The quantitative estimate of drug-likeness (QED) is 0.582. The molecule has 1 aliphatic rings. The molecular formula is C22H24FN5OS. The van der Waals surface area contributed by atoms with E-state index in [1.54, 1.807) is 23.9 Å². The molecule has 0 saturated heterocycles. The molecule has 0 atom stereocenters. The van der Waals surface area contributed by atoms with Crippen LogP contribution in [0, 0.1) is 10.6 Å². The first-order chi connectivity index (χ1) is 14.5. The summed E-state index contributed by atoms with van der Waals surface area (Å²) < 4.78 is 18.8. The molecule has 156 valence electrons. The highest BCUT2D eigenvalue weighted by Crippen LogP contribution is 2.39. The number of hydrogen-bond acceptors (Lipinski definition) is 4. The first kappa shape index (κ1) is 20.4. The van der Waals surface area contributed by atoms with Gasteiger partial charge in [-0.25, -0.2) is 9.07 Å². The predicted octanol–water partition coefficient (Wildman–Crippen LogP) is 4.00. The van der Waals surface area contributed by atoms with Gasteiger partial charge in [0.1, 0.15) is 5.82 Å². The Hall–Kier alpha value is -2.84. The van der Waals surface area contributed by atoms with Crippen LogP contribution in [0.4, 0.5) is 4.39 Å². The summed E-state index contributed by atoms with van der Waals surface area (Å²) in [5.41, 5.74) is 2.18. The third-order valence-electron chi connectivity index (χ3n) is 5.17. The van der Waals surface area contributed by atoms with Gasteiger partial charge in [0.15, 0.2) is 10.6 Å². The summed E-state index contributed by atoms with van der Waals surface area (Å²) in [5.74, 6) is 0.188. The van der Waals surface area contributed by atoms with E-state index in [4.69, 9.17) is 12.2 Å². The van der Waals surface area contributed by atoms with E-state index >= 15 is 0 Å². The highest BCUT2D eigenvalue weighted by atomic mass is 32.1. The lowest BCUT2D eigenvalue weighted by Gasteiger charge is -2.16. The largest absolute Gasteiger partial charge is 0.355 e. The van der Waals surface area contributed by atoms with Gasteiger partial charge in [-0.2, -0.15) is 5.10 Å². The summed E-state index contributed by atoms with van der Waals surface area (Å²) >= 11 is 5.68. The molecule has 0 spiro atoms. The summed E-state index contributed by atoms with van der Waals surface area (Å²) in [5, 5.41) is 7.29. The Morgan fingerprint density at radius 1 is 1.23 bits per heavy atom. The molecule has 3 aromatic rings. The van der Waals surface area contributed by atoms with Gasteiger partial charge in [0.2, 0.25) is 0 Å². The zero-order valence-electron chi connectivity index (χ0n) is 17.0. The summed E-state index contributed by atoms with van der Waals surface area (Å²) in [4.78, 5) is 13.8. The lowest BCUT2D eigenvalue weighted by Crippen LogP contribution is -2.23. The Morgan fingerprint density at radius 3 is 2.57 bits per heavy atom. The Morgan fingerprint density at radius 2 is 1.93 bits per heavy atom. The molecule has 1 fully saturated rings. The zero-order valence-corrected chi connectivity index (χ0v) is 17.8. The van der Waals surface area contributed by atoms with Crippen LogP contribution in [0.25, 0.3) is 11.4 Å². The second-order valence-corrected chi connectivity index (χ2v) is 7.98. The number of hydrogen-bond donors (Lipinski definition) is 1. The zero-order chi connectivity index (χ0) is 21.3. The maximum absolute atomic E-state index is 14.4. The van der Waals surface area contributed by atoms with Crippen LogP contribution in [-0.4, -0.2) is 39.3 Å². The summed E-state index contributed by atoms with van der Waals surface area (Å²) in [7, 11) is 3.59.